The number of amides is 1. The highest BCUT2D eigenvalue weighted by molar-refractivity contribution is 5.78. The Morgan fingerprint density at radius 1 is 1.08 bits per heavy atom. The minimum absolute atomic E-state index is 0.187. The van der Waals surface area contributed by atoms with E-state index < -0.39 is 6.10 Å². The van der Waals surface area contributed by atoms with E-state index in [0.29, 0.717) is 38.2 Å². The van der Waals surface area contributed by atoms with Crippen molar-refractivity contribution in [1.82, 2.24) is 9.80 Å². The Bertz CT molecular complexity index is 560. The molecule has 1 aromatic rings. The number of likely N-dealkylation sites (tertiary alicyclic amines) is 2. The molecule has 2 fully saturated rings. The van der Waals surface area contributed by atoms with E-state index in [9.17, 15) is 14.3 Å². The number of carbonyl (C=O) groups is 1. The van der Waals surface area contributed by atoms with E-state index >= 15 is 0 Å². The van der Waals surface area contributed by atoms with Crippen LogP contribution in [0.1, 0.15) is 32.1 Å². The van der Waals surface area contributed by atoms with Gasteiger partial charge in [0.05, 0.1) is 12.6 Å². The number of hydrogen-bond acceptors (Lipinski definition) is 4. The Balaban J connectivity index is 1.51. The van der Waals surface area contributed by atoms with Crippen LogP contribution in [-0.4, -0.2) is 65.7 Å². The summed E-state index contributed by atoms with van der Waals surface area (Å²) in [6.45, 7) is 3.54. The fourth-order valence-electron chi connectivity index (χ4n) is 3.53. The molecular weight excluding hydrogens is 323 g/mol. The third kappa shape index (κ3) is 5.16. The molecule has 138 valence electrons. The number of aliphatic hydroxyl groups excluding tert-OH is 1. The van der Waals surface area contributed by atoms with Crippen LogP contribution in [0.15, 0.2) is 24.3 Å². The lowest BCUT2D eigenvalue weighted by Crippen LogP contribution is -2.43. The number of halogens is 1. The molecule has 2 atom stereocenters. The minimum atomic E-state index is -0.583. The number of rotatable bonds is 4. The molecule has 2 aliphatic rings. The van der Waals surface area contributed by atoms with Gasteiger partial charge in [-0.1, -0.05) is 0 Å². The van der Waals surface area contributed by atoms with Crippen molar-refractivity contribution in [3.8, 4) is 5.75 Å². The molecule has 0 bridgehead atoms. The van der Waals surface area contributed by atoms with Gasteiger partial charge in [0.15, 0.2) is 0 Å². The predicted molar refractivity (Wildman–Crippen MR) is 92.9 cm³/mol. The van der Waals surface area contributed by atoms with Gasteiger partial charge in [-0.25, -0.2) is 4.39 Å². The number of piperidine rings is 1. The molecule has 3 rings (SSSR count). The zero-order valence-corrected chi connectivity index (χ0v) is 14.6. The molecule has 0 radical (unpaired) electrons. The average Bonchev–Trinajstić information content (AvgIpc) is 2.80. The maximum atomic E-state index is 13.0. The normalized spacial score (nSPS) is 25.4. The molecule has 5 nitrogen and oxygen atoms in total. The van der Waals surface area contributed by atoms with Crippen molar-refractivity contribution in [2.45, 2.75) is 44.3 Å². The summed E-state index contributed by atoms with van der Waals surface area (Å²) in [5.41, 5.74) is 0. The Morgan fingerprint density at radius 3 is 2.48 bits per heavy atom. The summed E-state index contributed by atoms with van der Waals surface area (Å²) in [7, 11) is 0. The van der Waals surface area contributed by atoms with Gasteiger partial charge < -0.3 is 14.7 Å². The lowest BCUT2D eigenvalue weighted by molar-refractivity contribution is -0.133. The summed E-state index contributed by atoms with van der Waals surface area (Å²) in [5, 5.41) is 10.3. The van der Waals surface area contributed by atoms with Gasteiger partial charge >= 0.3 is 0 Å². The lowest BCUT2D eigenvalue weighted by Gasteiger charge is -2.29. The lowest BCUT2D eigenvalue weighted by atomic mass is 10.1. The van der Waals surface area contributed by atoms with Crippen LogP contribution in [0.3, 0.4) is 0 Å². The van der Waals surface area contributed by atoms with Crippen LogP contribution in [0.4, 0.5) is 4.39 Å². The van der Waals surface area contributed by atoms with Crippen LogP contribution in [0.5, 0.6) is 5.75 Å². The maximum Gasteiger partial charge on any atom is 0.236 e. The summed E-state index contributed by atoms with van der Waals surface area (Å²) < 4.78 is 18.8. The van der Waals surface area contributed by atoms with Crippen molar-refractivity contribution in [2.24, 2.45) is 0 Å². The van der Waals surface area contributed by atoms with E-state index in [2.05, 4.69) is 4.90 Å². The Morgan fingerprint density at radius 2 is 1.76 bits per heavy atom. The fraction of sp³-hybridized carbons (Fsp3) is 0.632. The fourth-order valence-corrected chi connectivity index (χ4v) is 3.53. The predicted octanol–water partition coefficient (Wildman–Crippen LogP) is 2.04. The molecule has 2 heterocycles. The van der Waals surface area contributed by atoms with Gasteiger partial charge in [-0.2, -0.15) is 0 Å². The molecular formula is C19H27FN2O3. The van der Waals surface area contributed by atoms with E-state index in [-0.39, 0.29) is 17.8 Å². The largest absolute Gasteiger partial charge is 0.488 e. The van der Waals surface area contributed by atoms with Gasteiger partial charge in [0, 0.05) is 26.2 Å². The van der Waals surface area contributed by atoms with Crippen LogP contribution in [-0.2, 0) is 4.79 Å². The third-order valence-corrected chi connectivity index (χ3v) is 5.07. The molecule has 1 N–H and O–H groups in total. The van der Waals surface area contributed by atoms with Crippen LogP contribution >= 0.6 is 0 Å². The Labute approximate surface area is 148 Å². The topological polar surface area (TPSA) is 53.0 Å². The molecule has 1 amide bonds. The number of carbonyl (C=O) groups excluding carboxylic acids is 1. The van der Waals surface area contributed by atoms with Gasteiger partial charge in [-0.05, 0) is 56.4 Å². The van der Waals surface area contributed by atoms with Crippen molar-refractivity contribution < 1.29 is 19.0 Å². The van der Waals surface area contributed by atoms with Crippen molar-refractivity contribution in [1.29, 1.82) is 0 Å². The molecule has 2 saturated heterocycles. The maximum absolute atomic E-state index is 13.0. The van der Waals surface area contributed by atoms with Gasteiger partial charge in [-0.3, -0.25) is 9.69 Å². The summed E-state index contributed by atoms with van der Waals surface area (Å²) in [6.07, 6.45) is 3.70. The van der Waals surface area contributed by atoms with Gasteiger partial charge in [0.25, 0.3) is 0 Å². The number of benzene rings is 1. The van der Waals surface area contributed by atoms with Crippen molar-refractivity contribution in [2.75, 3.05) is 32.7 Å². The van der Waals surface area contributed by atoms with Crippen molar-refractivity contribution in [3.05, 3.63) is 30.1 Å². The molecule has 0 spiro atoms. The first-order valence-corrected chi connectivity index (χ1v) is 9.22. The second kappa shape index (κ2) is 8.63. The number of nitrogens with zero attached hydrogens (tertiary/aromatic N) is 2. The van der Waals surface area contributed by atoms with Crippen LogP contribution < -0.4 is 4.74 Å². The SMILES string of the molecule is O=C(CN1CC[C@H](Oc2ccc(F)cc2)[C@@H](O)CC1)N1CCCCC1. The molecule has 0 saturated carbocycles. The van der Waals surface area contributed by atoms with E-state index in [1.165, 1.54) is 18.6 Å². The molecule has 0 aliphatic carbocycles. The quantitative estimate of drug-likeness (QED) is 0.903. The molecule has 2 aliphatic heterocycles. The van der Waals surface area contributed by atoms with Gasteiger partial charge in [-0.15, -0.1) is 0 Å². The highest BCUT2D eigenvalue weighted by Crippen LogP contribution is 2.20. The molecule has 6 heteroatoms. The summed E-state index contributed by atoms with van der Waals surface area (Å²) in [4.78, 5) is 16.5. The van der Waals surface area contributed by atoms with Crippen LogP contribution in [0.2, 0.25) is 0 Å². The standard InChI is InChI=1S/C19H27FN2O3/c20-15-4-6-16(7-5-15)25-18-9-13-21(12-8-17(18)23)14-19(24)22-10-2-1-3-11-22/h4-7,17-18,23H,1-3,8-14H2/t17-,18-/m0/s1. The zero-order valence-electron chi connectivity index (χ0n) is 14.6. The Kier molecular flexibility index (Phi) is 6.26. The second-order valence-corrected chi connectivity index (χ2v) is 6.97. The summed E-state index contributed by atoms with van der Waals surface area (Å²) in [6, 6.07) is 5.85. The van der Waals surface area contributed by atoms with Gasteiger partial charge in [0.1, 0.15) is 17.7 Å². The van der Waals surface area contributed by atoms with Crippen molar-refractivity contribution >= 4 is 5.91 Å². The van der Waals surface area contributed by atoms with E-state index in [1.54, 1.807) is 12.1 Å². The molecule has 25 heavy (non-hydrogen) atoms. The van der Waals surface area contributed by atoms with Gasteiger partial charge in [0.2, 0.25) is 5.91 Å². The monoisotopic (exact) mass is 350 g/mol. The summed E-state index contributed by atoms with van der Waals surface area (Å²) in [5.74, 6) is 0.437. The van der Waals surface area contributed by atoms with E-state index in [4.69, 9.17) is 4.74 Å². The highest BCUT2D eigenvalue weighted by Gasteiger charge is 2.28. The van der Waals surface area contributed by atoms with Crippen molar-refractivity contribution in [3.63, 3.8) is 0 Å². The first-order valence-electron chi connectivity index (χ1n) is 9.22. The van der Waals surface area contributed by atoms with Crippen LogP contribution in [0.25, 0.3) is 0 Å². The average molecular weight is 350 g/mol. The molecule has 0 aromatic heterocycles. The Hall–Kier alpha value is -1.66. The number of hydrogen-bond donors (Lipinski definition) is 1. The first-order chi connectivity index (χ1) is 12.1. The van der Waals surface area contributed by atoms with Crippen LogP contribution in [0, 0.1) is 5.82 Å². The van der Waals surface area contributed by atoms with E-state index in [0.717, 1.165) is 25.9 Å². The third-order valence-electron chi connectivity index (χ3n) is 5.07. The molecule has 1 aromatic carbocycles. The second-order valence-electron chi connectivity index (χ2n) is 6.97. The van der Waals surface area contributed by atoms with E-state index in [1.807, 2.05) is 4.90 Å². The number of aliphatic hydroxyl groups is 1. The molecule has 0 unspecified atom stereocenters. The zero-order chi connectivity index (χ0) is 17.6. The highest BCUT2D eigenvalue weighted by atomic mass is 19.1. The summed E-state index contributed by atoms with van der Waals surface area (Å²) >= 11 is 0. The number of ether oxygens (including phenoxy) is 1. The minimum Gasteiger partial charge on any atom is -0.488 e. The first kappa shape index (κ1) is 18.1. The smallest absolute Gasteiger partial charge is 0.236 e.